The van der Waals surface area contributed by atoms with Crippen molar-refractivity contribution in [2.24, 2.45) is 10.9 Å². The third kappa shape index (κ3) is 2.15. The van der Waals surface area contributed by atoms with Crippen LogP contribution >= 0.6 is 0 Å². The van der Waals surface area contributed by atoms with Gasteiger partial charge in [-0.25, -0.2) is 0 Å². The van der Waals surface area contributed by atoms with Crippen LogP contribution in [0.2, 0.25) is 0 Å². The van der Waals surface area contributed by atoms with Gasteiger partial charge in [-0.2, -0.15) is 0 Å². The monoisotopic (exact) mass is 152 g/mol. The molecular weight excluding hydrogens is 136 g/mol. The molecule has 0 saturated carbocycles. The molecule has 0 bridgehead atoms. The van der Waals surface area contributed by atoms with Crippen LogP contribution in [-0.2, 0) is 0 Å². The van der Waals surface area contributed by atoms with Gasteiger partial charge in [-0.3, -0.25) is 4.99 Å². The second kappa shape index (κ2) is 3.67. The van der Waals surface area contributed by atoms with Crippen molar-refractivity contribution in [2.45, 2.75) is 19.9 Å². The average Bonchev–Trinajstić information content (AvgIpc) is 2.03. The van der Waals surface area contributed by atoms with Gasteiger partial charge in [0.1, 0.15) is 0 Å². The first-order valence-corrected chi connectivity index (χ1v) is 4.13. The van der Waals surface area contributed by atoms with Crippen LogP contribution in [0.3, 0.4) is 0 Å². The highest BCUT2D eigenvalue weighted by Gasteiger charge is 2.09. The summed E-state index contributed by atoms with van der Waals surface area (Å²) >= 11 is 0. The number of dihydropyridines is 1. The van der Waals surface area contributed by atoms with Gasteiger partial charge in [0.05, 0.1) is 0 Å². The van der Waals surface area contributed by atoms with E-state index in [-0.39, 0.29) is 0 Å². The number of rotatable bonds is 2. The highest BCUT2D eigenvalue weighted by molar-refractivity contribution is 5.80. The van der Waals surface area contributed by atoms with Crippen LogP contribution in [0, 0.1) is 5.92 Å². The first kappa shape index (κ1) is 8.47. The summed E-state index contributed by atoms with van der Waals surface area (Å²) in [4.78, 5) is 4.28. The Kier molecular flexibility index (Phi) is 2.83. The van der Waals surface area contributed by atoms with Crippen molar-refractivity contribution in [1.82, 2.24) is 5.32 Å². The van der Waals surface area contributed by atoms with Gasteiger partial charge in [-0.1, -0.05) is 13.0 Å². The third-order valence-electron chi connectivity index (χ3n) is 2.04. The molecule has 0 aliphatic carbocycles. The number of likely N-dealkylation sites (N-methyl/N-ethyl adjacent to an activating group) is 1. The Morgan fingerprint density at radius 1 is 1.73 bits per heavy atom. The summed E-state index contributed by atoms with van der Waals surface area (Å²) in [5, 5.41) is 3.20. The largest absolute Gasteiger partial charge is 0.313 e. The fourth-order valence-electron chi connectivity index (χ4n) is 1.17. The Morgan fingerprint density at radius 3 is 3.00 bits per heavy atom. The second-order valence-corrected chi connectivity index (χ2v) is 3.15. The topological polar surface area (TPSA) is 24.4 Å². The summed E-state index contributed by atoms with van der Waals surface area (Å²) in [7, 11) is 1.97. The molecule has 0 fully saturated rings. The minimum atomic E-state index is 0.432. The summed E-state index contributed by atoms with van der Waals surface area (Å²) in [5.74, 6) is 0.603. The zero-order valence-electron chi connectivity index (χ0n) is 7.46. The van der Waals surface area contributed by atoms with Gasteiger partial charge in [-0.15, -0.1) is 0 Å². The predicted molar refractivity (Wildman–Crippen MR) is 49.1 cm³/mol. The van der Waals surface area contributed by atoms with Crippen LogP contribution in [0.5, 0.6) is 0 Å². The smallest absolute Gasteiger partial charge is 0.0449 e. The van der Waals surface area contributed by atoms with E-state index in [1.54, 1.807) is 0 Å². The van der Waals surface area contributed by atoms with Crippen molar-refractivity contribution in [1.29, 1.82) is 0 Å². The molecule has 0 saturated heterocycles. The Bertz CT molecular complexity index is 182. The van der Waals surface area contributed by atoms with Crippen molar-refractivity contribution in [2.75, 3.05) is 13.6 Å². The first-order valence-electron chi connectivity index (χ1n) is 4.13. The zero-order valence-corrected chi connectivity index (χ0v) is 7.46. The Morgan fingerprint density at radius 2 is 2.45 bits per heavy atom. The van der Waals surface area contributed by atoms with Gasteiger partial charge in [-0.05, 0) is 25.5 Å². The lowest BCUT2D eigenvalue weighted by Gasteiger charge is -2.16. The highest BCUT2D eigenvalue weighted by atomic mass is 14.9. The Labute approximate surface area is 68.4 Å². The normalized spacial score (nSPS) is 26.5. The second-order valence-electron chi connectivity index (χ2n) is 3.15. The SMILES string of the molecule is CN[C@H](C)C1=CC(C)CN=C1. The maximum absolute atomic E-state index is 4.28. The quantitative estimate of drug-likeness (QED) is 0.632. The molecule has 0 aromatic carbocycles. The van der Waals surface area contributed by atoms with Crippen molar-refractivity contribution in [3.63, 3.8) is 0 Å². The van der Waals surface area contributed by atoms with Crippen LogP contribution < -0.4 is 5.32 Å². The predicted octanol–water partition coefficient (Wildman–Crippen LogP) is 1.24. The Balaban J connectivity index is 2.63. The lowest BCUT2D eigenvalue weighted by atomic mass is 10.0. The summed E-state index contributed by atoms with van der Waals surface area (Å²) in [5.41, 5.74) is 1.31. The molecule has 62 valence electrons. The van der Waals surface area contributed by atoms with Crippen LogP contribution in [0.25, 0.3) is 0 Å². The molecule has 1 N–H and O–H groups in total. The fraction of sp³-hybridized carbons (Fsp3) is 0.667. The van der Waals surface area contributed by atoms with Gasteiger partial charge in [0, 0.05) is 18.8 Å². The first-order chi connectivity index (χ1) is 5.24. The fourth-order valence-corrected chi connectivity index (χ4v) is 1.17. The van der Waals surface area contributed by atoms with Crippen LogP contribution in [0.15, 0.2) is 16.6 Å². The van der Waals surface area contributed by atoms with Gasteiger partial charge in [0.25, 0.3) is 0 Å². The standard InChI is InChI=1S/C9H16N2/c1-7-4-9(6-11-5-7)8(2)10-3/h4,6-8,10H,5H2,1-3H3/t7?,8-/m1/s1. The van der Waals surface area contributed by atoms with Crippen molar-refractivity contribution >= 4 is 6.21 Å². The van der Waals surface area contributed by atoms with Crippen LogP contribution in [-0.4, -0.2) is 25.8 Å². The number of nitrogens with zero attached hydrogens (tertiary/aromatic N) is 1. The molecule has 11 heavy (non-hydrogen) atoms. The Hall–Kier alpha value is -0.630. The number of hydrogen-bond donors (Lipinski definition) is 1. The molecule has 0 spiro atoms. The molecule has 1 aliphatic heterocycles. The van der Waals surface area contributed by atoms with Crippen LogP contribution in [0.4, 0.5) is 0 Å². The summed E-state index contributed by atoms with van der Waals surface area (Å²) < 4.78 is 0. The molecule has 2 nitrogen and oxygen atoms in total. The van der Waals surface area contributed by atoms with E-state index in [0.717, 1.165) is 6.54 Å². The molecule has 1 rings (SSSR count). The molecular formula is C9H16N2. The minimum absolute atomic E-state index is 0.432. The van der Waals surface area contributed by atoms with E-state index in [0.29, 0.717) is 12.0 Å². The lowest BCUT2D eigenvalue weighted by molar-refractivity contribution is 0.672. The van der Waals surface area contributed by atoms with E-state index in [4.69, 9.17) is 0 Å². The zero-order chi connectivity index (χ0) is 8.27. The van der Waals surface area contributed by atoms with E-state index in [9.17, 15) is 0 Å². The number of nitrogens with one attached hydrogen (secondary N) is 1. The van der Waals surface area contributed by atoms with Crippen molar-refractivity contribution in [3.05, 3.63) is 11.6 Å². The molecule has 0 aromatic rings. The van der Waals surface area contributed by atoms with Gasteiger partial charge in [0.2, 0.25) is 0 Å². The lowest BCUT2D eigenvalue weighted by Crippen LogP contribution is -2.26. The maximum Gasteiger partial charge on any atom is 0.0449 e. The number of hydrogen-bond acceptors (Lipinski definition) is 2. The summed E-state index contributed by atoms with van der Waals surface area (Å²) in [6.45, 7) is 5.29. The highest BCUT2D eigenvalue weighted by Crippen LogP contribution is 2.10. The third-order valence-corrected chi connectivity index (χ3v) is 2.04. The molecule has 0 aromatic heterocycles. The molecule has 1 unspecified atom stereocenters. The van der Waals surface area contributed by atoms with Gasteiger partial charge in [0.15, 0.2) is 0 Å². The molecule has 0 radical (unpaired) electrons. The molecule has 0 amide bonds. The van der Waals surface area contributed by atoms with Crippen molar-refractivity contribution in [3.8, 4) is 0 Å². The molecule has 2 heteroatoms. The summed E-state index contributed by atoms with van der Waals surface area (Å²) in [6, 6.07) is 0.432. The average molecular weight is 152 g/mol. The molecule has 1 aliphatic rings. The van der Waals surface area contributed by atoms with Gasteiger partial charge < -0.3 is 5.32 Å². The van der Waals surface area contributed by atoms with E-state index >= 15 is 0 Å². The molecule has 2 atom stereocenters. The summed E-state index contributed by atoms with van der Waals surface area (Å²) in [6.07, 6.45) is 4.26. The number of aliphatic imine (C=N–C) groups is 1. The van der Waals surface area contributed by atoms with E-state index in [1.165, 1.54) is 5.57 Å². The van der Waals surface area contributed by atoms with Crippen LogP contribution in [0.1, 0.15) is 13.8 Å². The minimum Gasteiger partial charge on any atom is -0.313 e. The van der Waals surface area contributed by atoms with E-state index in [1.807, 2.05) is 13.3 Å². The maximum atomic E-state index is 4.28. The van der Waals surface area contributed by atoms with E-state index < -0.39 is 0 Å². The molecule has 1 heterocycles. The van der Waals surface area contributed by atoms with Crippen molar-refractivity contribution < 1.29 is 0 Å². The van der Waals surface area contributed by atoms with E-state index in [2.05, 4.69) is 30.2 Å². The van der Waals surface area contributed by atoms with Gasteiger partial charge >= 0.3 is 0 Å².